The lowest BCUT2D eigenvalue weighted by molar-refractivity contribution is 0.0698. The average Bonchev–Trinajstić information content (AvgIpc) is 2.49. The molecule has 0 radical (unpaired) electrons. The van der Waals surface area contributed by atoms with Crippen LogP contribution in [-0.2, 0) is 0 Å². The van der Waals surface area contributed by atoms with Crippen molar-refractivity contribution in [3.8, 4) is 5.75 Å². The molecule has 110 valence electrons. The van der Waals surface area contributed by atoms with Gasteiger partial charge in [-0.15, -0.1) is 0 Å². The molecule has 0 aliphatic rings. The van der Waals surface area contributed by atoms with E-state index in [1.165, 1.54) is 6.07 Å². The standard InChI is InChI=1S/C16H16ClNO3/c17-14-9-4-8-13(16(19)20)15(14)18-10-5-11-21-12-6-2-1-3-7-12/h1-4,6-9,18H,5,10-11H2,(H,19,20). The molecule has 0 aliphatic carbocycles. The Morgan fingerprint density at radius 1 is 1.14 bits per heavy atom. The molecule has 0 aliphatic heterocycles. The van der Waals surface area contributed by atoms with E-state index >= 15 is 0 Å². The molecule has 0 saturated heterocycles. The number of ether oxygens (including phenoxy) is 1. The number of hydrogen-bond acceptors (Lipinski definition) is 3. The van der Waals surface area contributed by atoms with Crippen molar-refractivity contribution >= 4 is 23.3 Å². The zero-order chi connectivity index (χ0) is 15.1. The molecule has 2 rings (SSSR count). The van der Waals surface area contributed by atoms with E-state index in [1.807, 2.05) is 30.3 Å². The Bertz CT molecular complexity index is 602. The van der Waals surface area contributed by atoms with E-state index in [9.17, 15) is 4.79 Å². The van der Waals surface area contributed by atoms with Gasteiger partial charge in [-0.2, -0.15) is 0 Å². The van der Waals surface area contributed by atoms with Gasteiger partial charge in [0, 0.05) is 6.54 Å². The van der Waals surface area contributed by atoms with Crippen molar-refractivity contribution in [2.45, 2.75) is 6.42 Å². The second kappa shape index (κ2) is 7.55. The summed E-state index contributed by atoms with van der Waals surface area (Å²) < 4.78 is 5.56. The number of carboxylic acids is 1. The van der Waals surface area contributed by atoms with Gasteiger partial charge >= 0.3 is 5.97 Å². The summed E-state index contributed by atoms with van der Waals surface area (Å²) in [7, 11) is 0. The summed E-state index contributed by atoms with van der Waals surface area (Å²) >= 11 is 6.03. The summed E-state index contributed by atoms with van der Waals surface area (Å²) in [5, 5.41) is 12.6. The predicted octanol–water partition coefficient (Wildman–Crippen LogP) is 3.92. The first kappa shape index (κ1) is 15.2. The third-order valence-electron chi connectivity index (χ3n) is 2.88. The summed E-state index contributed by atoms with van der Waals surface area (Å²) in [5.41, 5.74) is 0.623. The van der Waals surface area contributed by atoms with Crippen LogP contribution < -0.4 is 10.1 Å². The second-order valence-corrected chi connectivity index (χ2v) is 4.82. The van der Waals surface area contributed by atoms with Crippen molar-refractivity contribution in [1.82, 2.24) is 0 Å². The lowest BCUT2D eigenvalue weighted by Crippen LogP contribution is -2.11. The summed E-state index contributed by atoms with van der Waals surface area (Å²) in [6.07, 6.45) is 0.735. The quantitative estimate of drug-likeness (QED) is 0.761. The van der Waals surface area contributed by atoms with Gasteiger partial charge in [-0.25, -0.2) is 4.79 Å². The van der Waals surface area contributed by atoms with E-state index < -0.39 is 5.97 Å². The number of para-hydroxylation sites is 2. The number of rotatable bonds is 7. The van der Waals surface area contributed by atoms with Crippen LogP contribution in [0.1, 0.15) is 16.8 Å². The smallest absolute Gasteiger partial charge is 0.337 e. The molecule has 4 nitrogen and oxygen atoms in total. The first-order chi connectivity index (χ1) is 10.2. The van der Waals surface area contributed by atoms with Crippen molar-refractivity contribution in [2.75, 3.05) is 18.5 Å². The van der Waals surface area contributed by atoms with Crippen LogP contribution >= 0.6 is 11.6 Å². The molecule has 0 amide bonds. The van der Waals surface area contributed by atoms with Crippen LogP contribution in [0.4, 0.5) is 5.69 Å². The molecule has 5 heteroatoms. The number of halogens is 1. The van der Waals surface area contributed by atoms with E-state index in [2.05, 4.69) is 5.32 Å². The minimum Gasteiger partial charge on any atom is -0.494 e. The third kappa shape index (κ3) is 4.39. The Balaban J connectivity index is 1.83. The molecule has 2 N–H and O–H groups in total. The van der Waals surface area contributed by atoms with Gasteiger partial charge < -0.3 is 15.2 Å². The van der Waals surface area contributed by atoms with Gasteiger partial charge in [-0.1, -0.05) is 35.9 Å². The van der Waals surface area contributed by atoms with E-state index in [4.69, 9.17) is 21.4 Å². The van der Waals surface area contributed by atoms with Crippen LogP contribution in [0.5, 0.6) is 5.75 Å². The van der Waals surface area contributed by atoms with Crippen LogP contribution in [0.15, 0.2) is 48.5 Å². The minimum atomic E-state index is -1.000. The summed E-state index contributed by atoms with van der Waals surface area (Å²) in [6.45, 7) is 1.13. The Morgan fingerprint density at radius 2 is 1.90 bits per heavy atom. The van der Waals surface area contributed by atoms with Crippen LogP contribution in [-0.4, -0.2) is 24.2 Å². The zero-order valence-corrected chi connectivity index (χ0v) is 12.1. The van der Waals surface area contributed by atoms with Crippen LogP contribution in [0.3, 0.4) is 0 Å². The Kier molecular flexibility index (Phi) is 5.46. The monoisotopic (exact) mass is 305 g/mol. The maximum absolute atomic E-state index is 11.1. The Hall–Kier alpha value is -2.20. The maximum atomic E-state index is 11.1. The number of benzene rings is 2. The van der Waals surface area contributed by atoms with E-state index in [0.717, 1.165) is 12.2 Å². The highest BCUT2D eigenvalue weighted by atomic mass is 35.5. The largest absolute Gasteiger partial charge is 0.494 e. The number of anilines is 1. The van der Waals surface area contributed by atoms with Crippen molar-refractivity contribution < 1.29 is 14.6 Å². The molecular formula is C16H16ClNO3. The molecule has 0 unspecified atom stereocenters. The first-order valence-corrected chi connectivity index (χ1v) is 7.00. The second-order valence-electron chi connectivity index (χ2n) is 4.41. The first-order valence-electron chi connectivity index (χ1n) is 6.62. The van der Waals surface area contributed by atoms with Gasteiger partial charge in [0.05, 0.1) is 22.9 Å². The van der Waals surface area contributed by atoms with Crippen molar-refractivity contribution in [2.24, 2.45) is 0 Å². The molecule has 0 atom stereocenters. The van der Waals surface area contributed by atoms with Gasteiger partial charge in [0.15, 0.2) is 0 Å². The predicted molar refractivity (Wildman–Crippen MR) is 83.5 cm³/mol. The number of aromatic carboxylic acids is 1. The summed E-state index contributed by atoms with van der Waals surface area (Å²) in [6, 6.07) is 14.4. The highest BCUT2D eigenvalue weighted by molar-refractivity contribution is 6.34. The molecule has 0 aromatic heterocycles. The van der Waals surface area contributed by atoms with Gasteiger partial charge in [0.25, 0.3) is 0 Å². The zero-order valence-electron chi connectivity index (χ0n) is 11.4. The van der Waals surface area contributed by atoms with Crippen molar-refractivity contribution in [3.05, 3.63) is 59.1 Å². The van der Waals surface area contributed by atoms with E-state index in [0.29, 0.717) is 23.9 Å². The van der Waals surface area contributed by atoms with Crippen molar-refractivity contribution in [1.29, 1.82) is 0 Å². The van der Waals surface area contributed by atoms with Gasteiger partial charge in [0.1, 0.15) is 5.75 Å². The SMILES string of the molecule is O=C(O)c1cccc(Cl)c1NCCCOc1ccccc1. The molecule has 2 aromatic rings. The molecule has 21 heavy (non-hydrogen) atoms. The normalized spacial score (nSPS) is 10.1. The molecule has 0 heterocycles. The van der Waals surface area contributed by atoms with Gasteiger partial charge in [-0.3, -0.25) is 0 Å². The number of carbonyl (C=O) groups is 1. The minimum absolute atomic E-state index is 0.173. The number of nitrogens with one attached hydrogen (secondary N) is 1. The average molecular weight is 306 g/mol. The van der Waals surface area contributed by atoms with Gasteiger partial charge in [-0.05, 0) is 30.7 Å². The Morgan fingerprint density at radius 3 is 2.62 bits per heavy atom. The lowest BCUT2D eigenvalue weighted by Gasteiger charge is -2.11. The van der Waals surface area contributed by atoms with E-state index in [1.54, 1.807) is 12.1 Å². The van der Waals surface area contributed by atoms with Crippen LogP contribution in [0, 0.1) is 0 Å². The molecule has 0 saturated carbocycles. The lowest BCUT2D eigenvalue weighted by atomic mass is 10.1. The van der Waals surface area contributed by atoms with Crippen LogP contribution in [0.2, 0.25) is 5.02 Å². The highest BCUT2D eigenvalue weighted by Crippen LogP contribution is 2.25. The van der Waals surface area contributed by atoms with Gasteiger partial charge in [0.2, 0.25) is 0 Å². The fourth-order valence-electron chi connectivity index (χ4n) is 1.87. The fraction of sp³-hybridized carbons (Fsp3) is 0.188. The fourth-order valence-corrected chi connectivity index (χ4v) is 2.12. The van der Waals surface area contributed by atoms with Crippen LogP contribution in [0.25, 0.3) is 0 Å². The summed E-state index contributed by atoms with van der Waals surface area (Å²) in [4.78, 5) is 11.1. The van der Waals surface area contributed by atoms with Crippen molar-refractivity contribution in [3.63, 3.8) is 0 Å². The highest BCUT2D eigenvalue weighted by Gasteiger charge is 2.12. The molecule has 2 aromatic carbocycles. The maximum Gasteiger partial charge on any atom is 0.337 e. The topological polar surface area (TPSA) is 58.6 Å². The Labute approximate surface area is 128 Å². The summed E-state index contributed by atoms with van der Waals surface area (Å²) in [5.74, 6) is -0.179. The number of hydrogen-bond donors (Lipinski definition) is 2. The van der Waals surface area contributed by atoms with E-state index in [-0.39, 0.29) is 5.56 Å². The molecule has 0 fully saturated rings. The number of carboxylic acid groups (broad SMARTS) is 1. The molecule has 0 bridgehead atoms. The molecular weight excluding hydrogens is 290 g/mol. The molecule has 0 spiro atoms. The third-order valence-corrected chi connectivity index (χ3v) is 3.19.